The molecule has 0 bridgehead atoms. The van der Waals surface area contributed by atoms with Crippen LogP contribution in [0.4, 0.5) is 0 Å². The van der Waals surface area contributed by atoms with Gasteiger partial charge in [0.25, 0.3) is 0 Å². The third-order valence-electron chi connectivity index (χ3n) is 6.60. The van der Waals surface area contributed by atoms with Gasteiger partial charge in [0.1, 0.15) is 22.0 Å². The van der Waals surface area contributed by atoms with Crippen LogP contribution in [0.15, 0.2) is 18.2 Å². The Hall–Kier alpha value is -0.0700. The van der Waals surface area contributed by atoms with E-state index in [4.69, 9.17) is 4.74 Å². The first kappa shape index (κ1) is 33.9. The summed E-state index contributed by atoms with van der Waals surface area (Å²) in [5, 5.41) is -1.07. The molecule has 6 heteroatoms. The van der Waals surface area contributed by atoms with Crippen LogP contribution in [0.25, 0.3) is 0 Å². The summed E-state index contributed by atoms with van der Waals surface area (Å²) in [6, 6.07) is 6.36. The smallest absolute Gasteiger partial charge is 0.748 e. The number of rotatable bonds is 20. The molecule has 0 aliphatic heterocycles. The molecule has 0 N–H and O–H groups in total. The second kappa shape index (κ2) is 20.0. The third kappa shape index (κ3) is 15.8. The molecule has 192 valence electrons. The quantitative estimate of drug-likeness (QED) is 0.143. The minimum atomic E-state index is -4.37. The Morgan fingerprint density at radius 2 is 1.09 bits per heavy atom. The maximum atomic E-state index is 11.4. The van der Waals surface area contributed by atoms with E-state index in [2.05, 4.69) is 19.9 Å². The van der Waals surface area contributed by atoms with Crippen LogP contribution in [0.5, 0.6) is 5.75 Å². The first-order valence-corrected chi connectivity index (χ1v) is 15.0. The van der Waals surface area contributed by atoms with Crippen LogP contribution in [-0.4, -0.2) is 24.3 Å². The monoisotopic (exact) mass is 504 g/mol. The van der Waals surface area contributed by atoms with E-state index < -0.39 is 21.5 Å². The largest absolute Gasteiger partial charge is 1.00 e. The van der Waals surface area contributed by atoms with Crippen molar-refractivity contribution in [3.8, 4) is 5.75 Å². The number of aryl methyl sites for hydroxylation is 2. The van der Waals surface area contributed by atoms with Gasteiger partial charge in [-0.1, -0.05) is 97.0 Å². The number of hydrogen-bond donors (Lipinski definition) is 0. The van der Waals surface area contributed by atoms with Crippen molar-refractivity contribution < 1.29 is 47.3 Å². The van der Waals surface area contributed by atoms with Gasteiger partial charge in [-0.2, -0.15) is 0 Å². The fraction of sp³-hybridized carbons (Fsp3) is 0.786. The van der Waals surface area contributed by atoms with E-state index in [0.29, 0.717) is 5.75 Å². The summed E-state index contributed by atoms with van der Waals surface area (Å²) >= 11 is 0. The van der Waals surface area contributed by atoms with Gasteiger partial charge in [0.2, 0.25) is 0 Å². The second-order valence-corrected chi connectivity index (χ2v) is 11.5. The molecule has 1 aromatic rings. The van der Waals surface area contributed by atoms with Gasteiger partial charge in [-0.15, -0.1) is 0 Å². The molecule has 0 saturated heterocycles. The van der Waals surface area contributed by atoms with Crippen molar-refractivity contribution in [2.45, 2.75) is 142 Å². The van der Waals surface area contributed by atoms with Gasteiger partial charge in [-0.3, -0.25) is 0 Å². The van der Waals surface area contributed by atoms with Crippen LogP contribution in [-0.2, 0) is 23.0 Å². The summed E-state index contributed by atoms with van der Waals surface area (Å²) < 4.78 is 40.1. The Kier molecular flexibility index (Phi) is 20.0. The van der Waals surface area contributed by atoms with E-state index in [1.54, 1.807) is 6.92 Å². The minimum absolute atomic E-state index is 0. The molecule has 0 radical (unpaired) electrons. The predicted molar refractivity (Wildman–Crippen MR) is 139 cm³/mol. The summed E-state index contributed by atoms with van der Waals surface area (Å²) in [5.41, 5.74) is 2.51. The SMILES string of the molecule is CCCCCCCCCc1cc(CCCCCCCCC)cc(OC(C)C(C)S(=O)(=O)[O-])c1.[Na+]. The molecule has 0 saturated carbocycles. The van der Waals surface area contributed by atoms with Crippen LogP contribution >= 0.6 is 0 Å². The summed E-state index contributed by atoms with van der Waals surface area (Å²) in [6.45, 7) is 7.58. The fourth-order valence-corrected chi connectivity index (χ4v) is 4.73. The van der Waals surface area contributed by atoms with Gasteiger partial charge in [-0.25, -0.2) is 8.42 Å². The van der Waals surface area contributed by atoms with Gasteiger partial charge in [-0.05, 0) is 62.8 Å². The molecule has 0 fully saturated rings. The van der Waals surface area contributed by atoms with Crippen molar-refractivity contribution in [1.29, 1.82) is 0 Å². The molecule has 2 unspecified atom stereocenters. The zero-order chi connectivity index (χ0) is 24.5. The van der Waals surface area contributed by atoms with Crippen LogP contribution in [0.1, 0.15) is 129 Å². The van der Waals surface area contributed by atoms with Crippen molar-refractivity contribution in [2.75, 3.05) is 0 Å². The minimum Gasteiger partial charge on any atom is -0.748 e. The van der Waals surface area contributed by atoms with Gasteiger partial charge in [0.15, 0.2) is 0 Å². The Balaban J connectivity index is 0.0000109. The maximum absolute atomic E-state index is 11.4. The second-order valence-electron chi connectivity index (χ2n) is 9.75. The van der Waals surface area contributed by atoms with Crippen LogP contribution in [0.3, 0.4) is 0 Å². The average molecular weight is 505 g/mol. The fourth-order valence-electron chi connectivity index (χ4n) is 4.20. The first-order valence-electron chi connectivity index (χ1n) is 13.5. The van der Waals surface area contributed by atoms with E-state index in [-0.39, 0.29) is 29.6 Å². The van der Waals surface area contributed by atoms with Gasteiger partial charge in [0, 0.05) is 0 Å². The molecule has 4 nitrogen and oxygen atoms in total. The van der Waals surface area contributed by atoms with Crippen LogP contribution < -0.4 is 34.3 Å². The topological polar surface area (TPSA) is 66.4 Å². The molecule has 0 aliphatic carbocycles. The predicted octanol–water partition coefficient (Wildman–Crippen LogP) is 4.98. The van der Waals surface area contributed by atoms with E-state index in [0.717, 1.165) is 25.7 Å². The number of hydrogen-bond acceptors (Lipinski definition) is 4. The standard InChI is InChI=1S/C28H50O4S.Na/c1-5-7-9-11-13-15-17-19-26-21-27(20-18-16-14-12-10-8-6-2)23-28(22-26)32-24(3)25(4)33(29,30)31;/h21-25H,5-20H2,1-4H3,(H,29,30,31);/q;+1/p-1. The van der Waals surface area contributed by atoms with Crippen LogP contribution in [0.2, 0.25) is 0 Å². The number of unbranched alkanes of at least 4 members (excludes halogenated alkanes) is 12. The number of benzene rings is 1. The third-order valence-corrected chi connectivity index (χ3v) is 7.90. The zero-order valence-corrected chi connectivity index (χ0v) is 25.6. The first-order chi connectivity index (χ1) is 15.8. The normalized spacial score (nSPS) is 13.3. The molecule has 0 aromatic heterocycles. The Morgan fingerprint density at radius 3 is 1.47 bits per heavy atom. The maximum Gasteiger partial charge on any atom is 1.00 e. The van der Waals surface area contributed by atoms with Crippen molar-refractivity contribution in [3.05, 3.63) is 29.3 Å². The molecular formula is C28H49NaO4S. The van der Waals surface area contributed by atoms with E-state index in [9.17, 15) is 13.0 Å². The zero-order valence-electron chi connectivity index (χ0n) is 22.7. The summed E-state index contributed by atoms with van der Waals surface area (Å²) in [6.07, 6.45) is 19.3. The molecule has 2 atom stereocenters. The molecule has 0 aliphatic rings. The average Bonchev–Trinajstić information content (AvgIpc) is 2.76. The molecule has 0 amide bonds. The van der Waals surface area contributed by atoms with Gasteiger partial charge >= 0.3 is 29.6 Å². The number of ether oxygens (including phenoxy) is 1. The molecular weight excluding hydrogens is 455 g/mol. The van der Waals surface area contributed by atoms with Crippen molar-refractivity contribution in [3.63, 3.8) is 0 Å². The molecule has 1 rings (SSSR count). The molecule has 0 spiro atoms. The summed E-state index contributed by atoms with van der Waals surface area (Å²) in [4.78, 5) is 0. The molecule has 1 aromatic carbocycles. The summed E-state index contributed by atoms with van der Waals surface area (Å²) in [7, 11) is -4.37. The Bertz CT molecular complexity index is 700. The van der Waals surface area contributed by atoms with Crippen LogP contribution in [0, 0.1) is 0 Å². The van der Waals surface area contributed by atoms with Crippen molar-refractivity contribution in [1.82, 2.24) is 0 Å². The van der Waals surface area contributed by atoms with E-state index >= 15 is 0 Å². The Morgan fingerprint density at radius 1 is 0.706 bits per heavy atom. The molecule has 34 heavy (non-hydrogen) atoms. The van der Waals surface area contributed by atoms with Gasteiger partial charge in [0.05, 0.1) is 5.25 Å². The van der Waals surface area contributed by atoms with E-state index in [1.807, 2.05) is 12.1 Å². The van der Waals surface area contributed by atoms with Crippen molar-refractivity contribution >= 4 is 10.1 Å². The molecule has 0 heterocycles. The van der Waals surface area contributed by atoms with E-state index in [1.165, 1.54) is 95.1 Å². The summed E-state index contributed by atoms with van der Waals surface area (Å²) in [5.74, 6) is 0.691. The Labute approximate surface area is 233 Å². The van der Waals surface area contributed by atoms with Crippen molar-refractivity contribution in [2.24, 2.45) is 0 Å². The van der Waals surface area contributed by atoms with Gasteiger partial charge < -0.3 is 9.29 Å².